The highest BCUT2D eigenvalue weighted by Gasteiger charge is 2.34. The van der Waals surface area contributed by atoms with Gasteiger partial charge in [-0.15, -0.1) is 0 Å². The highest BCUT2D eigenvalue weighted by Crippen LogP contribution is 2.25. The first-order chi connectivity index (χ1) is 10.8. The van der Waals surface area contributed by atoms with Crippen molar-refractivity contribution in [2.75, 3.05) is 20.1 Å². The van der Waals surface area contributed by atoms with Gasteiger partial charge in [0.15, 0.2) is 0 Å². The summed E-state index contributed by atoms with van der Waals surface area (Å²) in [5.74, 6) is 0.546. The van der Waals surface area contributed by atoms with Crippen LogP contribution in [0, 0.1) is 5.92 Å². The average Bonchev–Trinajstić information content (AvgIpc) is 2.77. The Hall–Kier alpha value is -1.30. The molecule has 1 aliphatic carbocycles. The first-order valence-electron chi connectivity index (χ1n) is 8.74. The smallest absolute Gasteiger partial charge is 0.407 e. The molecule has 6 heteroatoms. The van der Waals surface area contributed by atoms with Gasteiger partial charge in [-0.05, 0) is 46.0 Å². The van der Waals surface area contributed by atoms with Crippen molar-refractivity contribution in [2.24, 2.45) is 5.92 Å². The van der Waals surface area contributed by atoms with Crippen LogP contribution in [-0.2, 0) is 9.53 Å². The van der Waals surface area contributed by atoms with Crippen molar-refractivity contribution >= 4 is 12.0 Å². The quantitative estimate of drug-likeness (QED) is 0.828. The van der Waals surface area contributed by atoms with Gasteiger partial charge in [-0.1, -0.05) is 12.8 Å². The monoisotopic (exact) mass is 325 g/mol. The summed E-state index contributed by atoms with van der Waals surface area (Å²) in [6.45, 7) is 7.01. The van der Waals surface area contributed by atoms with Gasteiger partial charge >= 0.3 is 6.09 Å². The molecule has 0 radical (unpaired) electrons. The molecular formula is C17H31N3O3. The molecule has 0 aromatic rings. The van der Waals surface area contributed by atoms with Crippen LogP contribution in [0.4, 0.5) is 4.79 Å². The van der Waals surface area contributed by atoms with Gasteiger partial charge in [0, 0.05) is 26.2 Å². The fourth-order valence-corrected chi connectivity index (χ4v) is 3.44. The second-order valence-corrected chi connectivity index (χ2v) is 7.80. The molecule has 0 spiro atoms. The van der Waals surface area contributed by atoms with E-state index in [4.69, 9.17) is 4.74 Å². The lowest BCUT2D eigenvalue weighted by Gasteiger charge is -2.34. The van der Waals surface area contributed by atoms with E-state index in [1.54, 1.807) is 4.90 Å². The van der Waals surface area contributed by atoms with Crippen LogP contribution in [0.1, 0.15) is 52.9 Å². The number of carbonyl (C=O) groups excluding carboxylic acids is 2. The van der Waals surface area contributed by atoms with Crippen LogP contribution >= 0.6 is 0 Å². The summed E-state index contributed by atoms with van der Waals surface area (Å²) >= 11 is 0. The van der Waals surface area contributed by atoms with Crippen LogP contribution in [0.3, 0.4) is 0 Å². The van der Waals surface area contributed by atoms with Gasteiger partial charge in [-0.3, -0.25) is 4.79 Å². The summed E-state index contributed by atoms with van der Waals surface area (Å²) in [6.07, 6.45) is 5.00. The fraction of sp³-hybridized carbons (Fsp3) is 0.882. The lowest BCUT2D eigenvalue weighted by atomic mass is 9.84. The minimum Gasteiger partial charge on any atom is -0.444 e. The molecular weight excluding hydrogens is 294 g/mol. The summed E-state index contributed by atoms with van der Waals surface area (Å²) in [6, 6.07) is 0.228. The molecule has 2 N–H and O–H groups in total. The summed E-state index contributed by atoms with van der Waals surface area (Å²) in [4.78, 5) is 25.7. The number of carbonyl (C=O) groups is 2. The van der Waals surface area contributed by atoms with E-state index in [2.05, 4.69) is 10.6 Å². The minimum absolute atomic E-state index is 0.0628. The molecule has 23 heavy (non-hydrogen) atoms. The Kier molecular flexibility index (Phi) is 5.89. The number of likely N-dealkylation sites (tertiary alicyclic amines) is 1. The molecule has 1 saturated heterocycles. The normalized spacial score (nSPS) is 28.8. The molecule has 0 aromatic carbocycles. The van der Waals surface area contributed by atoms with Crippen molar-refractivity contribution < 1.29 is 14.3 Å². The van der Waals surface area contributed by atoms with Crippen LogP contribution in [-0.4, -0.2) is 54.7 Å². The first-order valence-corrected chi connectivity index (χ1v) is 8.74. The second-order valence-electron chi connectivity index (χ2n) is 7.80. The fourth-order valence-electron chi connectivity index (χ4n) is 3.44. The average molecular weight is 325 g/mol. The van der Waals surface area contributed by atoms with Crippen molar-refractivity contribution in [3.63, 3.8) is 0 Å². The summed E-state index contributed by atoms with van der Waals surface area (Å²) < 4.78 is 5.30. The Bertz CT molecular complexity index is 433. The topological polar surface area (TPSA) is 70.7 Å². The van der Waals surface area contributed by atoms with Gasteiger partial charge in [0.2, 0.25) is 5.91 Å². The number of nitrogens with zero attached hydrogens (tertiary/aromatic N) is 1. The van der Waals surface area contributed by atoms with Crippen LogP contribution in [0.2, 0.25) is 0 Å². The first kappa shape index (κ1) is 18.0. The van der Waals surface area contributed by atoms with E-state index in [1.165, 1.54) is 12.8 Å². The molecule has 3 atom stereocenters. The van der Waals surface area contributed by atoms with E-state index in [0.29, 0.717) is 18.5 Å². The zero-order chi connectivity index (χ0) is 17.0. The number of rotatable bonds is 4. The maximum absolute atomic E-state index is 12.1. The lowest BCUT2D eigenvalue weighted by molar-refractivity contribution is -0.128. The molecule has 0 aromatic heterocycles. The summed E-state index contributed by atoms with van der Waals surface area (Å²) in [5, 5.41) is 6.42. The molecule has 1 heterocycles. The number of likely N-dealkylation sites (N-methyl/N-ethyl adjacent to an activating group) is 1. The minimum atomic E-state index is -0.477. The zero-order valence-electron chi connectivity index (χ0n) is 14.9. The maximum Gasteiger partial charge on any atom is 0.407 e. The predicted octanol–water partition coefficient (Wildman–Crippen LogP) is 1.89. The van der Waals surface area contributed by atoms with E-state index in [-0.39, 0.29) is 18.0 Å². The maximum atomic E-state index is 12.1. The second kappa shape index (κ2) is 7.51. The number of hydrogen-bond acceptors (Lipinski definition) is 4. The van der Waals surface area contributed by atoms with Crippen LogP contribution in [0.25, 0.3) is 0 Å². The van der Waals surface area contributed by atoms with Gasteiger partial charge in [0.05, 0.1) is 6.04 Å². The van der Waals surface area contributed by atoms with Gasteiger partial charge in [0.1, 0.15) is 5.60 Å². The Morgan fingerprint density at radius 3 is 2.57 bits per heavy atom. The third-order valence-electron chi connectivity index (χ3n) is 4.66. The van der Waals surface area contributed by atoms with Crippen molar-refractivity contribution in [1.82, 2.24) is 15.5 Å². The number of amides is 2. The molecule has 2 fully saturated rings. The van der Waals surface area contributed by atoms with Gasteiger partial charge in [-0.25, -0.2) is 4.79 Å². The number of nitrogens with one attached hydrogen (secondary N) is 2. The number of hydrogen-bond donors (Lipinski definition) is 2. The van der Waals surface area contributed by atoms with Gasteiger partial charge in [0.25, 0.3) is 0 Å². The van der Waals surface area contributed by atoms with Crippen molar-refractivity contribution in [3.05, 3.63) is 0 Å². The van der Waals surface area contributed by atoms with Crippen molar-refractivity contribution in [2.45, 2.75) is 70.6 Å². The molecule has 132 valence electrons. The molecule has 3 unspecified atom stereocenters. The van der Waals surface area contributed by atoms with Crippen molar-refractivity contribution in [3.8, 4) is 0 Å². The largest absolute Gasteiger partial charge is 0.444 e. The summed E-state index contributed by atoms with van der Waals surface area (Å²) in [7, 11) is 1.85. The molecule has 2 rings (SSSR count). The van der Waals surface area contributed by atoms with Crippen LogP contribution in [0.5, 0.6) is 0 Å². The number of ether oxygens (including phenoxy) is 1. The molecule has 6 nitrogen and oxygen atoms in total. The highest BCUT2D eigenvalue weighted by molar-refractivity contribution is 5.83. The van der Waals surface area contributed by atoms with Crippen molar-refractivity contribution in [1.29, 1.82) is 0 Å². The van der Waals surface area contributed by atoms with Crippen LogP contribution in [0.15, 0.2) is 0 Å². The zero-order valence-corrected chi connectivity index (χ0v) is 14.9. The van der Waals surface area contributed by atoms with E-state index < -0.39 is 5.60 Å². The molecule has 1 saturated carbocycles. The third kappa shape index (κ3) is 5.37. The van der Waals surface area contributed by atoms with Gasteiger partial charge < -0.3 is 20.3 Å². The number of alkyl carbamates (subject to hydrolysis) is 1. The van der Waals surface area contributed by atoms with Gasteiger partial charge in [-0.2, -0.15) is 0 Å². The van der Waals surface area contributed by atoms with E-state index in [0.717, 1.165) is 25.8 Å². The van der Waals surface area contributed by atoms with Crippen LogP contribution < -0.4 is 10.6 Å². The molecule has 1 aliphatic heterocycles. The Morgan fingerprint density at radius 1 is 1.26 bits per heavy atom. The summed E-state index contributed by atoms with van der Waals surface area (Å²) in [5.41, 5.74) is -0.477. The van der Waals surface area contributed by atoms with E-state index in [9.17, 15) is 9.59 Å². The molecule has 0 bridgehead atoms. The standard InChI is InChI=1S/C17H31N3O3/c1-17(2,3)23-16(22)18-11-12-7-5-6-8-13(12)19-14-9-10-20(4)15(14)21/h12-14,19H,5-11H2,1-4H3,(H,18,22). The highest BCUT2D eigenvalue weighted by atomic mass is 16.6. The van der Waals surface area contributed by atoms with E-state index >= 15 is 0 Å². The SMILES string of the molecule is CN1CCC(NC2CCCCC2CNC(=O)OC(C)(C)C)C1=O. The molecule has 2 amide bonds. The Balaban J connectivity index is 1.84. The Morgan fingerprint density at radius 2 is 1.96 bits per heavy atom. The molecule has 2 aliphatic rings. The Labute approximate surface area is 139 Å². The van der Waals surface area contributed by atoms with E-state index in [1.807, 2.05) is 27.8 Å². The third-order valence-corrected chi connectivity index (χ3v) is 4.66. The lowest BCUT2D eigenvalue weighted by Crippen LogP contribution is -2.50. The predicted molar refractivity (Wildman–Crippen MR) is 89.2 cm³/mol.